The highest BCUT2D eigenvalue weighted by atomic mass is 79.9. The highest BCUT2D eigenvalue weighted by Crippen LogP contribution is 2.29. The van der Waals surface area contributed by atoms with Gasteiger partial charge in [0.05, 0.1) is 11.0 Å². The molecule has 0 unspecified atom stereocenters. The van der Waals surface area contributed by atoms with Gasteiger partial charge in [-0.25, -0.2) is 4.98 Å². The molecule has 0 bridgehead atoms. The summed E-state index contributed by atoms with van der Waals surface area (Å²) in [4.78, 5) is 4.19. The van der Waals surface area contributed by atoms with Gasteiger partial charge in [0.25, 0.3) is 0 Å². The molecule has 0 aliphatic carbocycles. The van der Waals surface area contributed by atoms with Crippen molar-refractivity contribution in [1.29, 1.82) is 0 Å². The van der Waals surface area contributed by atoms with Crippen LogP contribution in [0, 0.1) is 0 Å². The minimum Gasteiger partial charge on any atom is -0.318 e. The van der Waals surface area contributed by atoms with Crippen molar-refractivity contribution in [2.24, 2.45) is 7.05 Å². The molecule has 0 aliphatic heterocycles. The van der Waals surface area contributed by atoms with Crippen LogP contribution in [0.25, 0.3) is 11.0 Å². The molecule has 2 nitrogen and oxygen atoms in total. The molecule has 1 heterocycles. The number of rotatable bonds is 0. The molecular weight excluding hydrogens is 319 g/mol. The molecule has 0 fully saturated rings. The van der Waals surface area contributed by atoms with Gasteiger partial charge in [0, 0.05) is 16.0 Å². The molecule has 0 N–H and O–H groups in total. The molecule has 68 valence electrons. The molecule has 0 amide bonds. The Morgan fingerprint density at radius 2 is 1.92 bits per heavy atom. The third-order valence-electron chi connectivity index (χ3n) is 1.87. The number of hydrogen-bond acceptors (Lipinski definition) is 1. The molecule has 1 aromatic carbocycles. The number of imidazole rings is 1. The minimum absolute atomic E-state index is 0.500. The summed E-state index contributed by atoms with van der Waals surface area (Å²) in [6, 6.07) is 3.92. The topological polar surface area (TPSA) is 17.8 Å². The van der Waals surface area contributed by atoms with E-state index in [1.54, 1.807) is 0 Å². The molecule has 1 aromatic heterocycles. The Labute approximate surface area is 97.2 Å². The lowest BCUT2D eigenvalue weighted by Gasteiger charge is -1.97. The van der Waals surface area contributed by atoms with Crippen LogP contribution in [0.5, 0.6) is 0 Å². The second-order valence-electron chi connectivity index (χ2n) is 2.69. The molecule has 0 radical (unpaired) electrons. The molecule has 2 rings (SSSR count). The Hall–Kier alpha value is -0.0600. The standard InChI is InChI=1S/C8H5Br2ClN2/c1-13-7-3-5(10)4(9)2-6(7)12-8(13)11/h2-3H,1H3. The van der Waals surface area contributed by atoms with Crippen LogP contribution in [0.4, 0.5) is 0 Å². The Balaban J connectivity index is 2.89. The second-order valence-corrected chi connectivity index (χ2v) is 4.74. The van der Waals surface area contributed by atoms with Gasteiger partial charge < -0.3 is 4.57 Å². The van der Waals surface area contributed by atoms with Crippen molar-refractivity contribution in [3.63, 3.8) is 0 Å². The largest absolute Gasteiger partial charge is 0.318 e. The Bertz CT molecular complexity index is 478. The van der Waals surface area contributed by atoms with Gasteiger partial charge in [-0.1, -0.05) is 0 Å². The minimum atomic E-state index is 0.500. The van der Waals surface area contributed by atoms with Gasteiger partial charge in [0.15, 0.2) is 0 Å². The van der Waals surface area contributed by atoms with Crippen LogP contribution in [0.3, 0.4) is 0 Å². The summed E-state index contributed by atoms with van der Waals surface area (Å²) in [5.41, 5.74) is 1.91. The van der Waals surface area contributed by atoms with Gasteiger partial charge in [-0.15, -0.1) is 0 Å². The molecule has 0 spiro atoms. The quantitative estimate of drug-likeness (QED) is 0.722. The van der Waals surface area contributed by atoms with E-state index in [4.69, 9.17) is 11.6 Å². The molecule has 0 saturated heterocycles. The van der Waals surface area contributed by atoms with Gasteiger partial charge in [0.1, 0.15) is 0 Å². The van der Waals surface area contributed by atoms with E-state index in [1.807, 2.05) is 23.7 Å². The molecule has 2 aromatic rings. The van der Waals surface area contributed by atoms with Crippen LogP contribution in [0.15, 0.2) is 21.1 Å². The summed E-state index contributed by atoms with van der Waals surface area (Å²) in [6.45, 7) is 0. The first-order chi connectivity index (χ1) is 6.09. The lowest BCUT2D eigenvalue weighted by Crippen LogP contribution is -1.86. The van der Waals surface area contributed by atoms with Crippen LogP contribution in [-0.4, -0.2) is 9.55 Å². The van der Waals surface area contributed by atoms with E-state index in [0.717, 1.165) is 20.0 Å². The van der Waals surface area contributed by atoms with Crippen LogP contribution < -0.4 is 0 Å². The van der Waals surface area contributed by atoms with Crippen LogP contribution in [0.1, 0.15) is 0 Å². The van der Waals surface area contributed by atoms with E-state index in [9.17, 15) is 0 Å². The number of hydrogen-bond donors (Lipinski definition) is 0. The van der Waals surface area contributed by atoms with Gasteiger partial charge in [-0.3, -0.25) is 0 Å². The predicted octanol–water partition coefficient (Wildman–Crippen LogP) is 3.75. The van der Waals surface area contributed by atoms with E-state index in [1.165, 1.54) is 0 Å². The summed E-state index contributed by atoms with van der Waals surface area (Å²) in [7, 11) is 1.89. The maximum atomic E-state index is 5.88. The van der Waals surface area contributed by atoms with Crippen LogP contribution >= 0.6 is 43.5 Å². The molecule has 5 heteroatoms. The van der Waals surface area contributed by atoms with Crippen molar-refractivity contribution in [2.75, 3.05) is 0 Å². The third kappa shape index (κ3) is 1.51. The predicted molar refractivity (Wildman–Crippen MR) is 61.1 cm³/mol. The summed E-state index contributed by atoms with van der Waals surface area (Å²) in [6.07, 6.45) is 0. The highest BCUT2D eigenvalue weighted by molar-refractivity contribution is 9.13. The average molecular weight is 324 g/mol. The zero-order valence-electron chi connectivity index (χ0n) is 6.68. The maximum absolute atomic E-state index is 5.88. The average Bonchev–Trinajstić information content (AvgIpc) is 2.32. The van der Waals surface area contributed by atoms with E-state index >= 15 is 0 Å². The summed E-state index contributed by atoms with van der Waals surface area (Å²) in [5, 5.41) is 0.500. The summed E-state index contributed by atoms with van der Waals surface area (Å²) in [5.74, 6) is 0. The van der Waals surface area contributed by atoms with E-state index in [-0.39, 0.29) is 0 Å². The molecule has 13 heavy (non-hydrogen) atoms. The van der Waals surface area contributed by atoms with Gasteiger partial charge >= 0.3 is 0 Å². The zero-order chi connectivity index (χ0) is 9.59. The summed E-state index contributed by atoms with van der Waals surface area (Å²) < 4.78 is 3.82. The first-order valence-electron chi connectivity index (χ1n) is 3.56. The second kappa shape index (κ2) is 3.26. The monoisotopic (exact) mass is 322 g/mol. The Kier molecular flexibility index (Phi) is 2.38. The van der Waals surface area contributed by atoms with Crippen molar-refractivity contribution in [3.8, 4) is 0 Å². The number of aromatic nitrogens is 2. The van der Waals surface area contributed by atoms with Gasteiger partial charge in [-0.05, 0) is 55.6 Å². The van der Waals surface area contributed by atoms with Crippen molar-refractivity contribution >= 4 is 54.5 Å². The fraction of sp³-hybridized carbons (Fsp3) is 0.125. The molecule has 0 atom stereocenters. The Morgan fingerprint density at radius 3 is 2.62 bits per heavy atom. The SMILES string of the molecule is Cn1c(Cl)nc2cc(Br)c(Br)cc21. The highest BCUT2D eigenvalue weighted by Gasteiger charge is 2.07. The Morgan fingerprint density at radius 1 is 1.31 bits per heavy atom. The van der Waals surface area contributed by atoms with Crippen molar-refractivity contribution in [2.45, 2.75) is 0 Å². The number of aryl methyl sites for hydroxylation is 1. The fourth-order valence-electron chi connectivity index (χ4n) is 1.16. The van der Waals surface area contributed by atoms with Crippen molar-refractivity contribution in [3.05, 3.63) is 26.4 Å². The van der Waals surface area contributed by atoms with E-state index in [2.05, 4.69) is 36.8 Å². The number of fused-ring (bicyclic) bond motifs is 1. The van der Waals surface area contributed by atoms with Crippen LogP contribution in [0.2, 0.25) is 5.28 Å². The van der Waals surface area contributed by atoms with Crippen molar-refractivity contribution < 1.29 is 0 Å². The number of halogens is 3. The fourth-order valence-corrected chi connectivity index (χ4v) is 2.00. The maximum Gasteiger partial charge on any atom is 0.203 e. The number of nitrogens with zero attached hydrogens (tertiary/aromatic N) is 2. The van der Waals surface area contributed by atoms with Gasteiger partial charge in [-0.2, -0.15) is 0 Å². The zero-order valence-corrected chi connectivity index (χ0v) is 10.6. The number of benzene rings is 1. The first-order valence-corrected chi connectivity index (χ1v) is 5.53. The normalized spacial score (nSPS) is 11.1. The lowest BCUT2D eigenvalue weighted by atomic mass is 10.3. The lowest BCUT2D eigenvalue weighted by molar-refractivity contribution is 0.948. The van der Waals surface area contributed by atoms with E-state index in [0.29, 0.717) is 5.28 Å². The van der Waals surface area contributed by atoms with Crippen LogP contribution in [-0.2, 0) is 7.05 Å². The first kappa shape index (κ1) is 9.49. The molecular formula is C8H5Br2ClN2. The summed E-state index contributed by atoms with van der Waals surface area (Å²) >= 11 is 12.7. The van der Waals surface area contributed by atoms with Crippen molar-refractivity contribution in [1.82, 2.24) is 9.55 Å². The van der Waals surface area contributed by atoms with E-state index < -0.39 is 0 Å². The third-order valence-corrected chi connectivity index (χ3v) is 4.05. The smallest absolute Gasteiger partial charge is 0.203 e. The van der Waals surface area contributed by atoms with Gasteiger partial charge in [0.2, 0.25) is 5.28 Å². The molecule has 0 saturated carbocycles. The molecule has 0 aliphatic rings.